The lowest BCUT2D eigenvalue weighted by Gasteiger charge is -2.25. The smallest absolute Gasteiger partial charge is 0.240 e. The van der Waals surface area contributed by atoms with Gasteiger partial charge in [0.1, 0.15) is 12.3 Å². The van der Waals surface area contributed by atoms with Gasteiger partial charge >= 0.3 is 0 Å². The third-order valence-corrected chi connectivity index (χ3v) is 2.89. The molecule has 0 rings (SSSR count). The van der Waals surface area contributed by atoms with E-state index in [9.17, 15) is 9.59 Å². The highest BCUT2D eigenvalue weighted by atomic mass is 16.2. The van der Waals surface area contributed by atoms with Gasteiger partial charge in [0.05, 0.1) is 5.54 Å². The molecule has 112 valence electrons. The molecule has 0 fully saturated rings. The Balaban J connectivity index is 4.28. The van der Waals surface area contributed by atoms with Crippen LogP contribution in [0, 0.1) is 0 Å². The van der Waals surface area contributed by atoms with Crippen LogP contribution in [0.1, 0.15) is 26.7 Å². The van der Waals surface area contributed by atoms with Crippen LogP contribution in [-0.4, -0.2) is 43.3 Å². The molecule has 9 N–H and O–H groups in total. The number of primary amides is 1. The van der Waals surface area contributed by atoms with Crippen molar-refractivity contribution in [3.05, 3.63) is 0 Å². The summed E-state index contributed by atoms with van der Waals surface area (Å²) in [6.45, 7) is 3.98. The van der Waals surface area contributed by atoms with Crippen molar-refractivity contribution in [1.82, 2.24) is 16.0 Å². The lowest BCUT2D eigenvalue weighted by Crippen LogP contribution is -2.56. The summed E-state index contributed by atoms with van der Waals surface area (Å²) in [5.41, 5.74) is 15.2. The van der Waals surface area contributed by atoms with Crippen molar-refractivity contribution < 1.29 is 9.59 Å². The van der Waals surface area contributed by atoms with Gasteiger partial charge in [0, 0.05) is 0 Å². The number of hydrogen-bond acceptors (Lipinski definition) is 6. The second kappa shape index (κ2) is 8.05. The van der Waals surface area contributed by atoms with Gasteiger partial charge in [-0.1, -0.05) is 0 Å². The summed E-state index contributed by atoms with van der Waals surface area (Å²) in [6.07, 6.45) is 0.462. The molecular formula is C11H26N6O2. The number of nitrogens with one attached hydrogen (secondary N) is 3. The van der Waals surface area contributed by atoms with Crippen LogP contribution in [0.25, 0.3) is 0 Å². The highest BCUT2D eigenvalue weighted by Crippen LogP contribution is 2.03. The minimum absolute atomic E-state index is 0.276. The van der Waals surface area contributed by atoms with Gasteiger partial charge in [-0.3, -0.25) is 14.9 Å². The Bertz CT molecular complexity index is 306. The first kappa shape index (κ1) is 17.8. The molecule has 0 saturated heterocycles. The molecule has 8 nitrogen and oxygen atoms in total. The van der Waals surface area contributed by atoms with E-state index in [4.69, 9.17) is 17.2 Å². The minimum atomic E-state index is -0.758. The third kappa shape index (κ3) is 7.06. The molecular weight excluding hydrogens is 248 g/mol. The van der Waals surface area contributed by atoms with E-state index in [0.29, 0.717) is 19.4 Å². The van der Waals surface area contributed by atoms with E-state index in [0.717, 1.165) is 0 Å². The summed E-state index contributed by atoms with van der Waals surface area (Å²) in [6, 6.07) is -0.698. The van der Waals surface area contributed by atoms with Crippen molar-refractivity contribution in [1.29, 1.82) is 0 Å². The number of carbonyl (C=O) groups excluding carboxylic acids is 2. The zero-order chi connectivity index (χ0) is 15.1. The van der Waals surface area contributed by atoms with Crippen LogP contribution in [0.4, 0.5) is 0 Å². The molecule has 19 heavy (non-hydrogen) atoms. The number of likely N-dealkylation sites (N-methyl/N-ethyl adjacent to an activating group) is 1. The van der Waals surface area contributed by atoms with Gasteiger partial charge in [0.25, 0.3) is 0 Å². The molecule has 0 aliphatic heterocycles. The summed E-state index contributed by atoms with van der Waals surface area (Å²) in [7, 11) is 1.67. The van der Waals surface area contributed by atoms with E-state index < -0.39 is 23.8 Å². The van der Waals surface area contributed by atoms with Crippen molar-refractivity contribution in [3.8, 4) is 0 Å². The third-order valence-electron chi connectivity index (χ3n) is 2.89. The topological polar surface area (TPSA) is 148 Å². The van der Waals surface area contributed by atoms with E-state index in [1.165, 1.54) is 0 Å². The Labute approximate surface area is 113 Å². The number of amides is 2. The minimum Gasteiger partial charge on any atom is -0.368 e. The molecule has 0 saturated carbocycles. The van der Waals surface area contributed by atoms with E-state index in [2.05, 4.69) is 16.0 Å². The normalized spacial score (nSPS) is 13.4. The summed E-state index contributed by atoms with van der Waals surface area (Å²) >= 11 is 0. The predicted molar refractivity (Wildman–Crippen MR) is 73.7 cm³/mol. The van der Waals surface area contributed by atoms with Crippen molar-refractivity contribution in [2.24, 2.45) is 17.2 Å². The van der Waals surface area contributed by atoms with E-state index >= 15 is 0 Å². The molecule has 0 aliphatic carbocycles. The molecule has 8 heteroatoms. The molecule has 0 radical (unpaired) electrons. The first-order chi connectivity index (χ1) is 8.70. The molecule has 0 aromatic heterocycles. The number of nitrogens with two attached hydrogens (primary N) is 3. The first-order valence-corrected chi connectivity index (χ1v) is 6.24. The second-order valence-corrected chi connectivity index (χ2v) is 4.93. The largest absolute Gasteiger partial charge is 0.368 e. The Morgan fingerprint density at radius 3 is 2.26 bits per heavy atom. The number of rotatable bonds is 9. The molecule has 0 unspecified atom stereocenters. The molecule has 0 aromatic carbocycles. The van der Waals surface area contributed by atoms with Gasteiger partial charge < -0.3 is 27.8 Å². The second-order valence-electron chi connectivity index (χ2n) is 4.93. The van der Waals surface area contributed by atoms with Crippen molar-refractivity contribution in [3.63, 3.8) is 0 Å². The Kier molecular flexibility index (Phi) is 7.53. The van der Waals surface area contributed by atoms with Crippen LogP contribution in [0.5, 0.6) is 0 Å². The summed E-state index contributed by atoms with van der Waals surface area (Å²) in [5, 5.41) is 8.30. The van der Waals surface area contributed by atoms with Crippen LogP contribution in [0.15, 0.2) is 0 Å². The highest BCUT2D eigenvalue weighted by molar-refractivity contribution is 5.90. The molecule has 0 aromatic rings. The van der Waals surface area contributed by atoms with Gasteiger partial charge in [-0.15, -0.1) is 0 Å². The van der Waals surface area contributed by atoms with Gasteiger partial charge in [-0.25, -0.2) is 0 Å². The van der Waals surface area contributed by atoms with Gasteiger partial charge in [-0.05, 0) is 40.3 Å². The van der Waals surface area contributed by atoms with Crippen molar-refractivity contribution >= 4 is 11.8 Å². The SMILES string of the molecule is CNC(C)(C)C(=O)N[C@@H](CCCNC(N)N)C(N)=O. The summed E-state index contributed by atoms with van der Waals surface area (Å²) in [4.78, 5) is 23.2. The Morgan fingerprint density at radius 2 is 1.84 bits per heavy atom. The zero-order valence-corrected chi connectivity index (χ0v) is 11.8. The fourth-order valence-corrected chi connectivity index (χ4v) is 1.31. The maximum Gasteiger partial charge on any atom is 0.240 e. The van der Waals surface area contributed by atoms with Crippen LogP contribution >= 0.6 is 0 Å². The first-order valence-electron chi connectivity index (χ1n) is 6.24. The maximum absolute atomic E-state index is 11.9. The predicted octanol–water partition coefficient (Wildman–Crippen LogP) is -2.47. The number of hydrogen-bond donors (Lipinski definition) is 6. The molecule has 2 amide bonds. The van der Waals surface area contributed by atoms with E-state index in [1.54, 1.807) is 20.9 Å². The zero-order valence-electron chi connectivity index (χ0n) is 11.8. The van der Waals surface area contributed by atoms with E-state index in [1.807, 2.05) is 0 Å². The monoisotopic (exact) mass is 274 g/mol. The van der Waals surface area contributed by atoms with Crippen LogP contribution < -0.4 is 33.2 Å². The quantitative estimate of drug-likeness (QED) is 0.203. The average Bonchev–Trinajstić information content (AvgIpc) is 2.31. The maximum atomic E-state index is 11.9. The molecule has 0 spiro atoms. The molecule has 0 bridgehead atoms. The molecule has 0 heterocycles. The number of carbonyl (C=O) groups is 2. The lowest BCUT2D eigenvalue weighted by atomic mass is 10.0. The van der Waals surface area contributed by atoms with E-state index in [-0.39, 0.29) is 5.91 Å². The van der Waals surface area contributed by atoms with Gasteiger partial charge in [0.15, 0.2) is 0 Å². The average molecular weight is 274 g/mol. The fourth-order valence-electron chi connectivity index (χ4n) is 1.31. The van der Waals surface area contributed by atoms with Crippen LogP contribution in [0.2, 0.25) is 0 Å². The van der Waals surface area contributed by atoms with Gasteiger partial charge in [0.2, 0.25) is 11.8 Å². The summed E-state index contributed by atoms with van der Waals surface area (Å²) < 4.78 is 0. The van der Waals surface area contributed by atoms with Gasteiger partial charge in [-0.2, -0.15) is 0 Å². The Morgan fingerprint density at radius 1 is 1.26 bits per heavy atom. The highest BCUT2D eigenvalue weighted by Gasteiger charge is 2.28. The lowest BCUT2D eigenvalue weighted by molar-refractivity contribution is -0.130. The Hall–Kier alpha value is -1.22. The van der Waals surface area contributed by atoms with Crippen molar-refractivity contribution in [2.45, 2.75) is 44.6 Å². The van der Waals surface area contributed by atoms with Crippen LogP contribution in [-0.2, 0) is 9.59 Å². The molecule has 0 aliphatic rings. The van der Waals surface area contributed by atoms with Crippen molar-refractivity contribution in [2.75, 3.05) is 13.6 Å². The standard InChI is InChI=1S/C11H26N6O2/c1-11(2,15-3)9(19)17-7(8(12)18)5-4-6-16-10(13)14/h7,10,15-16H,4-6,13-14H2,1-3H3,(H2,12,18)(H,17,19)/t7-/m0/s1. The van der Waals surface area contributed by atoms with Crippen LogP contribution in [0.3, 0.4) is 0 Å². The fraction of sp³-hybridized carbons (Fsp3) is 0.818. The summed E-state index contributed by atoms with van der Waals surface area (Å²) in [5.74, 6) is -0.834. The molecule has 1 atom stereocenters.